The van der Waals surface area contributed by atoms with Crippen LogP contribution in [0.5, 0.6) is 17.2 Å². The SMILES string of the molecule is CCc1c2c(nc3ccc(OC(=O)N4CCC(CCn5ccc6cc(N(C(=N)c7cc(C(C)C)c(O)cc7O)C(N)=O)ccc65)CC4)cc13)-c1cc(C(O)(C=O)C(C)OPO)c(CO)c(=O)n1C2. The monoisotopic (exact) mass is 947 g/mol. The smallest absolute Gasteiger partial charge is 0.415 e. The van der Waals surface area contributed by atoms with E-state index in [4.69, 9.17) is 25.4 Å². The van der Waals surface area contributed by atoms with Gasteiger partial charge in [-0.15, -0.1) is 0 Å². The molecule has 2 aliphatic rings. The second kappa shape index (κ2) is 19.1. The summed E-state index contributed by atoms with van der Waals surface area (Å²) in [6.07, 6.45) is 3.46. The number of amidine groups is 1. The highest BCUT2D eigenvalue weighted by atomic mass is 31.1. The molecular formula is C49H54N7O11P. The van der Waals surface area contributed by atoms with Crippen molar-refractivity contribution in [3.8, 4) is 28.6 Å². The van der Waals surface area contributed by atoms with Crippen LogP contribution >= 0.6 is 9.03 Å². The number of phenolic OH excluding ortho intramolecular Hbond substituents is 2. The summed E-state index contributed by atoms with van der Waals surface area (Å²) in [7, 11) is -1.03. The Kier molecular flexibility index (Phi) is 13.4. The fourth-order valence-electron chi connectivity index (χ4n) is 9.60. The molecule has 0 radical (unpaired) electrons. The summed E-state index contributed by atoms with van der Waals surface area (Å²) in [5, 5.41) is 53.0. The van der Waals surface area contributed by atoms with Crippen molar-refractivity contribution in [2.45, 2.75) is 90.7 Å². The third-order valence-corrected chi connectivity index (χ3v) is 13.9. The van der Waals surface area contributed by atoms with Gasteiger partial charge in [0, 0.05) is 64.9 Å². The number of likely N-dealkylation sites (tertiary alicyclic amines) is 1. The number of aliphatic hydroxyl groups is 2. The van der Waals surface area contributed by atoms with E-state index in [1.165, 1.54) is 23.6 Å². The van der Waals surface area contributed by atoms with E-state index in [0.717, 1.165) is 57.6 Å². The molecule has 1 saturated heterocycles. The molecule has 68 heavy (non-hydrogen) atoms. The Morgan fingerprint density at radius 3 is 2.46 bits per heavy atom. The summed E-state index contributed by atoms with van der Waals surface area (Å²) in [5.74, 6) is -0.193. The van der Waals surface area contributed by atoms with Crippen LogP contribution in [-0.2, 0) is 41.0 Å². The molecule has 3 unspecified atom stereocenters. The number of urea groups is 1. The maximum absolute atomic E-state index is 13.8. The largest absolute Gasteiger partial charge is 0.508 e. The Labute approximate surface area is 392 Å². The fourth-order valence-corrected chi connectivity index (χ4v) is 9.94. The van der Waals surface area contributed by atoms with Crippen molar-refractivity contribution in [3.05, 3.63) is 111 Å². The molecule has 356 valence electrons. The lowest BCUT2D eigenvalue weighted by Crippen LogP contribution is -2.43. The molecule has 3 aromatic heterocycles. The van der Waals surface area contributed by atoms with Crippen LogP contribution in [0.1, 0.15) is 86.3 Å². The van der Waals surface area contributed by atoms with Crippen molar-refractivity contribution in [3.63, 3.8) is 0 Å². The summed E-state index contributed by atoms with van der Waals surface area (Å²) < 4.78 is 14.7. The molecule has 8 rings (SSSR count). The van der Waals surface area contributed by atoms with E-state index in [1.54, 1.807) is 35.2 Å². The molecule has 0 spiro atoms. The van der Waals surface area contributed by atoms with Gasteiger partial charge in [0.15, 0.2) is 20.9 Å². The number of pyridine rings is 2. The molecule has 0 aliphatic carbocycles. The van der Waals surface area contributed by atoms with Gasteiger partial charge in [-0.2, -0.15) is 0 Å². The first kappa shape index (κ1) is 47.8. The molecule has 5 heterocycles. The number of benzene rings is 3. The highest BCUT2D eigenvalue weighted by Gasteiger charge is 2.41. The van der Waals surface area contributed by atoms with E-state index >= 15 is 0 Å². The quantitative estimate of drug-likeness (QED) is 0.0268. The third-order valence-electron chi connectivity index (χ3n) is 13.4. The van der Waals surface area contributed by atoms with Crippen LogP contribution in [0, 0.1) is 11.3 Å². The highest BCUT2D eigenvalue weighted by Crippen LogP contribution is 2.40. The first-order valence-corrected chi connectivity index (χ1v) is 23.3. The minimum Gasteiger partial charge on any atom is -0.508 e. The van der Waals surface area contributed by atoms with Gasteiger partial charge in [-0.25, -0.2) is 19.5 Å². The lowest BCUT2D eigenvalue weighted by Gasteiger charge is -2.31. The van der Waals surface area contributed by atoms with Crippen LogP contribution in [0.25, 0.3) is 33.2 Å². The number of aromatic nitrogens is 3. The highest BCUT2D eigenvalue weighted by molar-refractivity contribution is 7.25. The van der Waals surface area contributed by atoms with E-state index in [0.29, 0.717) is 65.9 Å². The summed E-state index contributed by atoms with van der Waals surface area (Å²) >= 11 is 0. The molecule has 0 saturated carbocycles. The lowest BCUT2D eigenvalue weighted by atomic mass is 9.87. The second-order valence-corrected chi connectivity index (χ2v) is 18.1. The van der Waals surface area contributed by atoms with Crippen molar-refractivity contribution >= 4 is 60.8 Å². The Balaban J connectivity index is 0.920. The molecule has 18 nitrogen and oxygen atoms in total. The number of ether oxygens (including phenoxy) is 1. The average Bonchev–Trinajstić information content (AvgIpc) is 3.90. The lowest BCUT2D eigenvalue weighted by molar-refractivity contribution is -0.134. The maximum Gasteiger partial charge on any atom is 0.415 e. The minimum absolute atomic E-state index is 0.0587. The minimum atomic E-state index is -2.34. The van der Waals surface area contributed by atoms with E-state index in [-0.39, 0.29) is 52.8 Å². The number of phenols is 2. The number of anilines is 1. The van der Waals surface area contributed by atoms with Crippen LogP contribution in [0.2, 0.25) is 0 Å². The Hall–Kier alpha value is -6.69. The van der Waals surface area contributed by atoms with Crippen LogP contribution in [-0.4, -0.2) is 87.8 Å². The zero-order valence-electron chi connectivity index (χ0n) is 38.0. The van der Waals surface area contributed by atoms with Gasteiger partial charge in [0.2, 0.25) is 0 Å². The number of nitrogens with one attached hydrogen (secondary N) is 1. The number of carbonyl (C=O) groups is 3. The van der Waals surface area contributed by atoms with Gasteiger partial charge in [0.1, 0.15) is 29.2 Å². The standard InChI is InChI=1S/C49H54N7O11P/c1-5-32-34-19-31(7-8-39(34)52-44-36(32)23-55-41(44)21-38(37(24-57)46(55)61)49(64,25-58)27(4)67-68-65)66-48(63)54-15-11-28(12-16-54)10-14-53-17-13-29-18-30(6-9-40(29)53)56(47(51)62)45(50)35-20-33(26(2)3)42(59)22-43(35)60/h6-9,13,17-22,25-28,50,57,59-60,64-65,68H,5,10-12,14-16,23-24H2,1-4H3,(H2,51,62). The zero-order valence-corrected chi connectivity index (χ0v) is 39.0. The molecule has 3 amide bonds. The van der Waals surface area contributed by atoms with Crippen LogP contribution < -0.4 is 20.9 Å². The van der Waals surface area contributed by atoms with E-state index in [2.05, 4.69) is 4.57 Å². The first-order valence-electron chi connectivity index (χ1n) is 22.4. The number of aliphatic hydroxyl groups excluding tert-OH is 1. The molecule has 3 atom stereocenters. The average molecular weight is 948 g/mol. The number of aryl methyl sites for hydroxylation is 2. The Morgan fingerprint density at radius 1 is 1.04 bits per heavy atom. The summed E-state index contributed by atoms with van der Waals surface area (Å²) in [4.78, 5) is 69.3. The number of carbonyl (C=O) groups excluding carboxylic acids is 3. The second-order valence-electron chi connectivity index (χ2n) is 17.7. The van der Waals surface area contributed by atoms with Crippen molar-refractivity contribution in [1.82, 2.24) is 19.0 Å². The molecule has 6 aromatic rings. The number of nitrogens with zero attached hydrogens (tertiary/aromatic N) is 5. The number of fused-ring (bicyclic) bond motifs is 5. The number of amides is 3. The van der Waals surface area contributed by atoms with Gasteiger partial charge in [0.25, 0.3) is 5.56 Å². The van der Waals surface area contributed by atoms with Crippen molar-refractivity contribution < 1.29 is 49.0 Å². The normalized spacial score (nSPS) is 15.2. The first-order chi connectivity index (χ1) is 32.5. The van der Waals surface area contributed by atoms with Crippen molar-refractivity contribution in [1.29, 1.82) is 5.41 Å². The van der Waals surface area contributed by atoms with Crippen molar-refractivity contribution in [2.24, 2.45) is 11.7 Å². The van der Waals surface area contributed by atoms with E-state index in [9.17, 15) is 44.5 Å². The molecular weight excluding hydrogens is 894 g/mol. The molecule has 2 aliphatic heterocycles. The van der Waals surface area contributed by atoms with Crippen LogP contribution in [0.15, 0.2) is 71.7 Å². The number of piperidine rings is 1. The zero-order chi connectivity index (χ0) is 48.8. The number of aldehydes is 1. The maximum atomic E-state index is 13.8. The molecule has 3 aromatic carbocycles. The summed E-state index contributed by atoms with van der Waals surface area (Å²) in [6, 6.07) is 15.7. The molecule has 8 N–H and O–H groups in total. The Morgan fingerprint density at radius 2 is 1.79 bits per heavy atom. The number of aromatic hydroxyl groups is 2. The van der Waals surface area contributed by atoms with Gasteiger partial charge < -0.3 is 54.3 Å². The third kappa shape index (κ3) is 8.58. The van der Waals surface area contributed by atoms with Gasteiger partial charge in [-0.1, -0.05) is 20.8 Å². The molecule has 19 heteroatoms. The van der Waals surface area contributed by atoms with Gasteiger partial charge in [-0.3, -0.25) is 15.0 Å². The topological polar surface area (TPSA) is 267 Å². The van der Waals surface area contributed by atoms with E-state index in [1.807, 2.05) is 39.1 Å². The fraction of sp³-hybridized carbons (Fsp3) is 0.347. The number of rotatable bonds is 14. The predicted octanol–water partition coefficient (Wildman–Crippen LogP) is 6.47. The van der Waals surface area contributed by atoms with Gasteiger partial charge >= 0.3 is 12.1 Å². The van der Waals surface area contributed by atoms with Gasteiger partial charge in [0.05, 0.1) is 41.3 Å². The van der Waals surface area contributed by atoms with E-state index < -0.39 is 45.0 Å². The number of hydrogen-bond acceptors (Lipinski definition) is 13. The van der Waals surface area contributed by atoms with Crippen LogP contribution in [0.4, 0.5) is 15.3 Å². The summed E-state index contributed by atoms with van der Waals surface area (Å²) in [6.45, 7) is 8.21. The van der Waals surface area contributed by atoms with Crippen molar-refractivity contribution in [2.75, 3.05) is 18.0 Å². The summed E-state index contributed by atoms with van der Waals surface area (Å²) in [5.41, 5.74) is 7.41. The predicted molar refractivity (Wildman–Crippen MR) is 257 cm³/mol. The van der Waals surface area contributed by atoms with Crippen LogP contribution in [0.3, 0.4) is 0 Å². The molecule has 0 bridgehead atoms. The number of primary amides is 1. The molecule has 1 fully saturated rings. The number of nitrogens with two attached hydrogens (primary N) is 1. The van der Waals surface area contributed by atoms with Gasteiger partial charge in [-0.05, 0) is 110 Å². The Bertz CT molecular complexity index is 3050. The number of hydrogen-bond donors (Lipinski definition) is 7.